The van der Waals surface area contributed by atoms with Crippen LogP contribution in [0, 0.1) is 0 Å². The maximum absolute atomic E-state index is 12.0. The van der Waals surface area contributed by atoms with Crippen LogP contribution in [0.15, 0.2) is 30.5 Å². The summed E-state index contributed by atoms with van der Waals surface area (Å²) >= 11 is 0. The highest BCUT2D eigenvalue weighted by atomic mass is 19.4. The number of carbonyl (C=O) groups excluding carboxylic acids is 1. The van der Waals surface area contributed by atoms with Gasteiger partial charge in [-0.3, -0.25) is 4.79 Å². The van der Waals surface area contributed by atoms with E-state index in [1.165, 1.54) is 0 Å². The number of hydrogen-bond acceptors (Lipinski definition) is 1. The van der Waals surface area contributed by atoms with Crippen LogP contribution in [0.1, 0.15) is 24.8 Å². The summed E-state index contributed by atoms with van der Waals surface area (Å²) in [5, 5.41) is 3.64. The fraction of sp³-hybridized carbons (Fsp3) is 0.400. The molecule has 0 atom stereocenters. The van der Waals surface area contributed by atoms with Crippen molar-refractivity contribution in [1.82, 2.24) is 10.3 Å². The summed E-state index contributed by atoms with van der Waals surface area (Å²) < 4.78 is 35.9. The molecule has 2 aromatic rings. The minimum Gasteiger partial charge on any atom is -0.361 e. The molecule has 0 aliphatic heterocycles. The average molecular weight is 298 g/mol. The number of aromatic amines is 1. The second-order valence-electron chi connectivity index (χ2n) is 4.96. The molecule has 114 valence electrons. The van der Waals surface area contributed by atoms with Crippen LogP contribution >= 0.6 is 0 Å². The fourth-order valence-corrected chi connectivity index (χ4v) is 2.19. The molecule has 1 amide bonds. The summed E-state index contributed by atoms with van der Waals surface area (Å²) in [4.78, 5) is 14.8. The molecule has 0 radical (unpaired) electrons. The first kappa shape index (κ1) is 15.4. The Morgan fingerprint density at radius 3 is 2.71 bits per heavy atom. The first-order chi connectivity index (χ1) is 9.96. The molecule has 0 aliphatic carbocycles. The van der Waals surface area contributed by atoms with Gasteiger partial charge in [0.25, 0.3) is 0 Å². The third kappa shape index (κ3) is 4.81. The van der Waals surface area contributed by atoms with E-state index in [0.29, 0.717) is 6.42 Å². The highest BCUT2D eigenvalue weighted by Gasteiger charge is 2.25. The molecule has 2 rings (SSSR count). The van der Waals surface area contributed by atoms with Crippen LogP contribution in [0.5, 0.6) is 0 Å². The summed E-state index contributed by atoms with van der Waals surface area (Å²) in [6.07, 6.45) is -2.54. The molecule has 1 aromatic carbocycles. The van der Waals surface area contributed by atoms with E-state index >= 15 is 0 Å². The van der Waals surface area contributed by atoms with Crippen molar-refractivity contribution < 1.29 is 18.0 Å². The van der Waals surface area contributed by atoms with E-state index in [9.17, 15) is 18.0 Å². The van der Waals surface area contributed by atoms with Crippen molar-refractivity contribution >= 4 is 16.8 Å². The van der Waals surface area contributed by atoms with Crippen LogP contribution < -0.4 is 5.32 Å². The van der Waals surface area contributed by atoms with E-state index in [2.05, 4.69) is 10.3 Å². The van der Waals surface area contributed by atoms with Crippen molar-refractivity contribution in [2.45, 2.75) is 31.9 Å². The number of amides is 1. The monoisotopic (exact) mass is 298 g/mol. The molecule has 0 unspecified atom stereocenters. The molecule has 2 N–H and O–H groups in total. The molecular formula is C15H17F3N2O. The number of fused-ring (bicyclic) bond motifs is 1. The van der Waals surface area contributed by atoms with Gasteiger partial charge in [-0.2, -0.15) is 13.2 Å². The summed E-state index contributed by atoms with van der Waals surface area (Å²) in [6.45, 7) is 0.275. The molecule has 1 heterocycles. The van der Waals surface area contributed by atoms with Crippen LogP contribution in [-0.2, 0) is 11.2 Å². The minimum absolute atomic E-state index is 0.0386. The molecule has 0 fully saturated rings. The zero-order valence-corrected chi connectivity index (χ0v) is 11.5. The van der Waals surface area contributed by atoms with Gasteiger partial charge in [-0.05, 0) is 24.5 Å². The predicted octanol–water partition coefficient (Wildman–Crippen LogP) is 3.56. The van der Waals surface area contributed by atoms with E-state index in [4.69, 9.17) is 0 Å². The summed E-state index contributed by atoms with van der Waals surface area (Å²) in [5.74, 6) is -0.174. The van der Waals surface area contributed by atoms with Crippen molar-refractivity contribution in [3.8, 4) is 0 Å². The highest BCUT2D eigenvalue weighted by molar-refractivity contribution is 5.88. The first-order valence-corrected chi connectivity index (χ1v) is 6.84. The Bertz CT molecular complexity index is 604. The average Bonchev–Trinajstić information content (AvgIpc) is 2.81. The summed E-state index contributed by atoms with van der Waals surface area (Å²) in [6, 6.07) is 7.66. The lowest BCUT2D eigenvalue weighted by atomic mass is 10.1. The van der Waals surface area contributed by atoms with E-state index in [0.717, 1.165) is 16.5 Å². The van der Waals surface area contributed by atoms with Gasteiger partial charge >= 0.3 is 6.18 Å². The molecule has 0 saturated carbocycles. The Balaban J connectivity index is 1.75. The highest BCUT2D eigenvalue weighted by Crippen LogP contribution is 2.22. The molecular weight excluding hydrogens is 281 g/mol. The Labute approximate surface area is 120 Å². The van der Waals surface area contributed by atoms with Gasteiger partial charge in [0.1, 0.15) is 0 Å². The standard InChI is InChI=1S/C15H17F3N2O/c16-15(17,18)7-3-4-8-19-14(21)9-11-10-20-13-6-2-1-5-12(11)13/h1-2,5-6,10,20H,3-4,7-9H2,(H,19,21). The number of hydrogen-bond donors (Lipinski definition) is 2. The van der Waals surface area contributed by atoms with Crippen molar-refractivity contribution in [3.63, 3.8) is 0 Å². The van der Waals surface area contributed by atoms with Crippen LogP contribution in [0.2, 0.25) is 0 Å². The van der Waals surface area contributed by atoms with Gasteiger partial charge in [-0.15, -0.1) is 0 Å². The van der Waals surface area contributed by atoms with E-state index < -0.39 is 12.6 Å². The van der Waals surface area contributed by atoms with Crippen molar-refractivity contribution in [2.75, 3.05) is 6.54 Å². The number of carbonyl (C=O) groups is 1. The summed E-state index contributed by atoms with van der Waals surface area (Å²) in [7, 11) is 0. The third-order valence-electron chi connectivity index (χ3n) is 3.24. The van der Waals surface area contributed by atoms with E-state index in [1.807, 2.05) is 24.3 Å². The number of para-hydroxylation sites is 1. The van der Waals surface area contributed by atoms with Crippen molar-refractivity contribution in [2.24, 2.45) is 0 Å². The molecule has 0 bridgehead atoms. The van der Waals surface area contributed by atoms with Crippen molar-refractivity contribution in [3.05, 3.63) is 36.0 Å². The van der Waals surface area contributed by atoms with E-state index in [-0.39, 0.29) is 25.3 Å². The minimum atomic E-state index is -4.12. The number of aromatic nitrogens is 1. The smallest absolute Gasteiger partial charge is 0.361 e. The predicted molar refractivity (Wildman–Crippen MR) is 74.9 cm³/mol. The normalized spacial score (nSPS) is 11.8. The number of halogens is 3. The lowest BCUT2D eigenvalue weighted by Gasteiger charge is -2.07. The summed E-state index contributed by atoms with van der Waals surface area (Å²) in [5.41, 5.74) is 1.85. The first-order valence-electron chi connectivity index (χ1n) is 6.84. The zero-order valence-electron chi connectivity index (χ0n) is 11.5. The van der Waals surface area contributed by atoms with Gasteiger partial charge in [-0.1, -0.05) is 18.2 Å². The molecule has 1 aromatic heterocycles. The number of unbranched alkanes of at least 4 members (excludes halogenated alkanes) is 1. The molecule has 0 aliphatic rings. The SMILES string of the molecule is O=C(Cc1c[nH]c2ccccc12)NCCCCC(F)(F)F. The van der Waals surface area contributed by atoms with Crippen LogP contribution in [0.4, 0.5) is 13.2 Å². The lowest BCUT2D eigenvalue weighted by Crippen LogP contribution is -2.26. The third-order valence-corrected chi connectivity index (χ3v) is 3.24. The number of H-pyrrole nitrogens is 1. The fourth-order valence-electron chi connectivity index (χ4n) is 2.19. The van der Waals surface area contributed by atoms with Gasteiger partial charge in [-0.25, -0.2) is 0 Å². The maximum atomic E-state index is 12.0. The number of nitrogens with one attached hydrogen (secondary N) is 2. The van der Waals surface area contributed by atoms with Gasteiger partial charge in [0, 0.05) is 30.1 Å². The molecule has 21 heavy (non-hydrogen) atoms. The molecule has 6 heteroatoms. The van der Waals surface area contributed by atoms with Crippen LogP contribution in [0.3, 0.4) is 0 Å². The lowest BCUT2D eigenvalue weighted by molar-refractivity contribution is -0.135. The van der Waals surface area contributed by atoms with E-state index in [1.54, 1.807) is 6.20 Å². The number of alkyl halides is 3. The Morgan fingerprint density at radius 2 is 1.95 bits per heavy atom. The second-order valence-corrected chi connectivity index (χ2v) is 4.96. The Morgan fingerprint density at radius 1 is 1.19 bits per heavy atom. The number of rotatable bonds is 6. The Kier molecular flexibility index (Phi) is 4.88. The van der Waals surface area contributed by atoms with Gasteiger partial charge < -0.3 is 10.3 Å². The van der Waals surface area contributed by atoms with Gasteiger partial charge in [0.2, 0.25) is 5.91 Å². The largest absolute Gasteiger partial charge is 0.389 e. The molecule has 3 nitrogen and oxygen atoms in total. The van der Waals surface area contributed by atoms with Gasteiger partial charge in [0.15, 0.2) is 0 Å². The van der Waals surface area contributed by atoms with Crippen LogP contribution in [0.25, 0.3) is 10.9 Å². The quantitative estimate of drug-likeness (QED) is 0.787. The van der Waals surface area contributed by atoms with Crippen LogP contribution in [-0.4, -0.2) is 23.6 Å². The van der Waals surface area contributed by atoms with Crippen molar-refractivity contribution in [1.29, 1.82) is 0 Å². The molecule has 0 saturated heterocycles. The Hall–Kier alpha value is -1.98. The van der Waals surface area contributed by atoms with Gasteiger partial charge in [0.05, 0.1) is 6.42 Å². The second kappa shape index (κ2) is 6.65. The zero-order chi connectivity index (χ0) is 15.3. The number of benzene rings is 1. The molecule has 0 spiro atoms. The maximum Gasteiger partial charge on any atom is 0.389 e. The topological polar surface area (TPSA) is 44.9 Å².